The molecule has 0 amide bonds. The Morgan fingerprint density at radius 1 is 1.22 bits per heavy atom. The number of hydrogen-bond donors (Lipinski definition) is 1. The highest BCUT2D eigenvalue weighted by molar-refractivity contribution is 5.84. The third-order valence-electron chi connectivity index (χ3n) is 3.15. The van der Waals surface area contributed by atoms with E-state index in [9.17, 15) is 4.79 Å². The molecule has 5 heteroatoms. The molecule has 0 bridgehead atoms. The molecule has 0 saturated carbocycles. The predicted molar refractivity (Wildman–Crippen MR) is 86.2 cm³/mol. The maximum absolute atomic E-state index is 10.8. The van der Waals surface area contributed by atoms with Crippen molar-refractivity contribution in [1.82, 2.24) is 0 Å². The Kier molecular flexibility index (Phi) is 5.68. The quantitative estimate of drug-likeness (QED) is 0.786. The fourth-order valence-electron chi connectivity index (χ4n) is 2.18. The van der Waals surface area contributed by atoms with Crippen LogP contribution >= 0.6 is 0 Å². The molecule has 0 aliphatic carbocycles. The van der Waals surface area contributed by atoms with Crippen molar-refractivity contribution >= 4 is 5.97 Å². The summed E-state index contributed by atoms with van der Waals surface area (Å²) in [6.07, 6.45) is 2.08. The van der Waals surface area contributed by atoms with Crippen LogP contribution in [-0.4, -0.2) is 17.2 Å². The molecule has 1 heterocycles. The monoisotopic (exact) mass is 318 g/mol. The number of benzene rings is 1. The highest BCUT2D eigenvalue weighted by Gasteiger charge is 2.12. The summed E-state index contributed by atoms with van der Waals surface area (Å²) in [7, 11) is 0. The second-order valence-electron chi connectivity index (χ2n) is 5.56. The lowest BCUT2D eigenvalue weighted by Gasteiger charge is -2.16. The van der Waals surface area contributed by atoms with Crippen molar-refractivity contribution in [1.29, 1.82) is 0 Å². The molecule has 0 aliphatic heterocycles. The van der Waals surface area contributed by atoms with E-state index in [0.29, 0.717) is 17.3 Å². The number of carbonyl (C=O) groups is 1. The first-order valence-corrected chi connectivity index (χ1v) is 7.74. The zero-order chi connectivity index (χ0) is 16.8. The standard InChI is InChI=1S/C18H22O5/c1-4-5-13-6-8-15(17(10-13)22-12(2)3)21-11-14-7-9-16(23-14)18(19)20/h6-10,12H,4-5,11H2,1-3H3,(H,19,20). The molecule has 0 spiro atoms. The van der Waals surface area contributed by atoms with Gasteiger partial charge in [0.2, 0.25) is 5.76 Å². The maximum atomic E-state index is 10.8. The van der Waals surface area contributed by atoms with E-state index < -0.39 is 5.97 Å². The average Bonchev–Trinajstić information content (AvgIpc) is 2.95. The second-order valence-corrected chi connectivity index (χ2v) is 5.56. The molecule has 1 aromatic heterocycles. The van der Waals surface area contributed by atoms with E-state index in [4.69, 9.17) is 19.0 Å². The summed E-state index contributed by atoms with van der Waals surface area (Å²) in [5.41, 5.74) is 1.20. The van der Waals surface area contributed by atoms with Gasteiger partial charge in [-0.05, 0) is 50.1 Å². The Bertz CT molecular complexity index is 657. The van der Waals surface area contributed by atoms with Gasteiger partial charge in [-0.15, -0.1) is 0 Å². The van der Waals surface area contributed by atoms with Crippen LogP contribution in [0.15, 0.2) is 34.7 Å². The first-order chi connectivity index (χ1) is 11.0. The van der Waals surface area contributed by atoms with Crippen LogP contribution in [0.5, 0.6) is 11.5 Å². The molecule has 0 aliphatic rings. The fourth-order valence-corrected chi connectivity index (χ4v) is 2.18. The van der Waals surface area contributed by atoms with Gasteiger partial charge in [0, 0.05) is 0 Å². The van der Waals surface area contributed by atoms with Gasteiger partial charge in [-0.3, -0.25) is 0 Å². The van der Waals surface area contributed by atoms with Crippen LogP contribution in [0.3, 0.4) is 0 Å². The van der Waals surface area contributed by atoms with Gasteiger partial charge in [-0.2, -0.15) is 0 Å². The number of aromatic carboxylic acids is 1. The number of carboxylic acids is 1. The lowest BCUT2D eigenvalue weighted by atomic mass is 10.1. The summed E-state index contributed by atoms with van der Waals surface area (Å²) in [6, 6.07) is 8.89. The summed E-state index contributed by atoms with van der Waals surface area (Å²) in [5.74, 6) is 0.572. The topological polar surface area (TPSA) is 68.9 Å². The SMILES string of the molecule is CCCc1ccc(OCc2ccc(C(=O)O)o2)c(OC(C)C)c1. The molecule has 2 rings (SSSR count). The Hall–Kier alpha value is -2.43. The van der Waals surface area contributed by atoms with Crippen molar-refractivity contribution in [3.8, 4) is 11.5 Å². The van der Waals surface area contributed by atoms with Crippen molar-refractivity contribution in [2.45, 2.75) is 46.3 Å². The lowest BCUT2D eigenvalue weighted by Crippen LogP contribution is -2.08. The first-order valence-electron chi connectivity index (χ1n) is 7.74. The smallest absolute Gasteiger partial charge is 0.371 e. The van der Waals surface area contributed by atoms with Crippen LogP contribution in [0, 0.1) is 0 Å². The van der Waals surface area contributed by atoms with Crippen LogP contribution in [0.1, 0.15) is 49.1 Å². The van der Waals surface area contributed by atoms with E-state index in [1.54, 1.807) is 6.07 Å². The molecule has 0 saturated heterocycles. The molecule has 23 heavy (non-hydrogen) atoms. The molecule has 1 N–H and O–H groups in total. The largest absolute Gasteiger partial charge is 0.487 e. The highest BCUT2D eigenvalue weighted by Crippen LogP contribution is 2.30. The minimum absolute atomic E-state index is 0.0384. The van der Waals surface area contributed by atoms with Gasteiger partial charge in [0.1, 0.15) is 12.4 Å². The Morgan fingerprint density at radius 3 is 2.61 bits per heavy atom. The van der Waals surface area contributed by atoms with Crippen LogP contribution < -0.4 is 9.47 Å². The van der Waals surface area contributed by atoms with Crippen LogP contribution in [0.2, 0.25) is 0 Å². The Morgan fingerprint density at radius 2 is 2.00 bits per heavy atom. The lowest BCUT2D eigenvalue weighted by molar-refractivity contribution is 0.0658. The van der Waals surface area contributed by atoms with Crippen molar-refractivity contribution in [2.24, 2.45) is 0 Å². The van der Waals surface area contributed by atoms with E-state index >= 15 is 0 Å². The third-order valence-corrected chi connectivity index (χ3v) is 3.15. The maximum Gasteiger partial charge on any atom is 0.371 e. The molecule has 0 fully saturated rings. The van der Waals surface area contributed by atoms with Gasteiger partial charge in [-0.25, -0.2) is 4.79 Å². The molecule has 5 nitrogen and oxygen atoms in total. The average molecular weight is 318 g/mol. The van der Waals surface area contributed by atoms with Crippen molar-refractivity contribution in [2.75, 3.05) is 0 Å². The van der Waals surface area contributed by atoms with Crippen LogP contribution in [-0.2, 0) is 13.0 Å². The summed E-state index contributed by atoms with van der Waals surface area (Å²) < 4.78 is 16.7. The van der Waals surface area contributed by atoms with Crippen molar-refractivity contribution in [3.63, 3.8) is 0 Å². The zero-order valence-electron chi connectivity index (χ0n) is 13.7. The fraction of sp³-hybridized carbons (Fsp3) is 0.389. The zero-order valence-corrected chi connectivity index (χ0v) is 13.7. The number of aryl methyl sites for hydroxylation is 1. The molecule has 2 aromatic rings. The number of furan rings is 1. The molecular formula is C18H22O5. The highest BCUT2D eigenvalue weighted by atomic mass is 16.5. The number of rotatable bonds is 8. The van der Waals surface area contributed by atoms with Gasteiger partial charge in [0.05, 0.1) is 6.10 Å². The van der Waals surface area contributed by atoms with Gasteiger partial charge in [0.15, 0.2) is 11.5 Å². The number of carboxylic acid groups (broad SMARTS) is 1. The summed E-state index contributed by atoms with van der Waals surface area (Å²) >= 11 is 0. The predicted octanol–water partition coefficient (Wildman–Crippen LogP) is 4.30. The van der Waals surface area contributed by atoms with Gasteiger partial charge in [-0.1, -0.05) is 19.4 Å². The molecule has 1 aromatic carbocycles. The van der Waals surface area contributed by atoms with Crippen molar-refractivity contribution < 1.29 is 23.8 Å². The second kappa shape index (κ2) is 7.72. The normalized spacial score (nSPS) is 10.8. The van der Waals surface area contributed by atoms with Crippen molar-refractivity contribution in [3.05, 3.63) is 47.4 Å². The van der Waals surface area contributed by atoms with E-state index in [1.807, 2.05) is 32.0 Å². The first kappa shape index (κ1) is 16.9. The molecule has 0 atom stereocenters. The van der Waals surface area contributed by atoms with Gasteiger partial charge >= 0.3 is 5.97 Å². The van der Waals surface area contributed by atoms with Crippen LogP contribution in [0.4, 0.5) is 0 Å². The van der Waals surface area contributed by atoms with Gasteiger partial charge in [0.25, 0.3) is 0 Å². The minimum atomic E-state index is -1.09. The summed E-state index contributed by atoms with van der Waals surface area (Å²) in [4.78, 5) is 10.8. The van der Waals surface area contributed by atoms with E-state index in [2.05, 4.69) is 6.92 Å². The number of hydrogen-bond acceptors (Lipinski definition) is 4. The molecule has 0 radical (unpaired) electrons. The summed E-state index contributed by atoms with van der Waals surface area (Å²) in [5, 5.41) is 8.85. The van der Waals surface area contributed by atoms with E-state index in [0.717, 1.165) is 12.8 Å². The van der Waals surface area contributed by atoms with E-state index in [-0.39, 0.29) is 18.5 Å². The van der Waals surface area contributed by atoms with E-state index in [1.165, 1.54) is 11.6 Å². The Balaban J connectivity index is 2.11. The minimum Gasteiger partial charge on any atom is -0.487 e. The van der Waals surface area contributed by atoms with Crippen LogP contribution in [0.25, 0.3) is 0 Å². The summed E-state index contributed by atoms with van der Waals surface area (Å²) in [6.45, 7) is 6.20. The Labute approximate surface area is 135 Å². The molecular weight excluding hydrogens is 296 g/mol. The number of ether oxygens (including phenoxy) is 2. The van der Waals surface area contributed by atoms with Gasteiger partial charge < -0.3 is 19.0 Å². The third kappa shape index (κ3) is 4.77. The molecule has 124 valence electrons. The molecule has 0 unspecified atom stereocenters.